The molecule has 0 radical (unpaired) electrons. The van der Waals surface area contributed by atoms with Gasteiger partial charge < -0.3 is 9.32 Å². The van der Waals surface area contributed by atoms with E-state index in [4.69, 9.17) is 16.0 Å². The van der Waals surface area contributed by atoms with Crippen LogP contribution in [-0.2, 0) is 10.0 Å². The molecule has 2 aromatic heterocycles. The Balaban J connectivity index is 1.50. The summed E-state index contributed by atoms with van der Waals surface area (Å²) in [5.41, 5.74) is 0.545. The summed E-state index contributed by atoms with van der Waals surface area (Å²) in [6.45, 7) is 1.59. The van der Waals surface area contributed by atoms with E-state index in [2.05, 4.69) is 4.72 Å². The first-order chi connectivity index (χ1) is 11.5. The Morgan fingerprint density at radius 1 is 1.33 bits per heavy atom. The highest BCUT2D eigenvalue weighted by Crippen LogP contribution is 2.26. The van der Waals surface area contributed by atoms with E-state index in [0.717, 1.165) is 24.2 Å². The lowest BCUT2D eigenvalue weighted by molar-refractivity contribution is 0.0691. The SMILES string of the molecule is O=C(c1ccoc1)N1CCC(CNS(=O)(=O)c2ccc(Cl)s2)CC1. The fourth-order valence-corrected chi connectivity index (χ4v) is 5.29. The molecule has 0 unspecified atom stereocenters. The zero-order valence-corrected chi connectivity index (χ0v) is 15.2. The molecule has 1 amide bonds. The van der Waals surface area contributed by atoms with Gasteiger partial charge in [-0.3, -0.25) is 4.79 Å². The smallest absolute Gasteiger partial charge is 0.257 e. The van der Waals surface area contributed by atoms with Crippen molar-refractivity contribution in [3.63, 3.8) is 0 Å². The van der Waals surface area contributed by atoms with E-state index in [-0.39, 0.29) is 16.0 Å². The number of thiophene rings is 1. The number of likely N-dealkylation sites (tertiary alicyclic amines) is 1. The van der Waals surface area contributed by atoms with Crippen molar-refractivity contribution in [2.75, 3.05) is 19.6 Å². The summed E-state index contributed by atoms with van der Waals surface area (Å²) in [6.07, 6.45) is 4.44. The van der Waals surface area contributed by atoms with Crippen LogP contribution < -0.4 is 4.72 Å². The molecule has 1 aliphatic rings. The first kappa shape index (κ1) is 17.5. The van der Waals surface area contributed by atoms with E-state index in [1.165, 1.54) is 18.6 Å². The van der Waals surface area contributed by atoms with Crippen LogP contribution in [-0.4, -0.2) is 38.9 Å². The first-order valence-corrected chi connectivity index (χ1v) is 10.2. The maximum Gasteiger partial charge on any atom is 0.257 e. The van der Waals surface area contributed by atoms with Crippen molar-refractivity contribution >= 4 is 38.9 Å². The van der Waals surface area contributed by atoms with Gasteiger partial charge in [-0.25, -0.2) is 13.1 Å². The molecule has 1 N–H and O–H groups in total. The van der Waals surface area contributed by atoms with Gasteiger partial charge in [0.05, 0.1) is 16.2 Å². The third kappa shape index (κ3) is 4.00. The Morgan fingerprint density at radius 2 is 2.08 bits per heavy atom. The van der Waals surface area contributed by atoms with Crippen molar-refractivity contribution in [3.05, 3.63) is 40.6 Å². The minimum absolute atomic E-state index is 0.0454. The van der Waals surface area contributed by atoms with E-state index in [9.17, 15) is 13.2 Å². The molecule has 1 saturated heterocycles. The van der Waals surface area contributed by atoms with Crippen molar-refractivity contribution in [2.45, 2.75) is 17.1 Å². The Labute approximate surface area is 149 Å². The highest BCUT2D eigenvalue weighted by molar-refractivity contribution is 7.91. The lowest BCUT2D eigenvalue weighted by Crippen LogP contribution is -2.41. The van der Waals surface area contributed by atoms with Crippen molar-refractivity contribution in [1.29, 1.82) is 0 Å². The van der Waals surface area contributed by atoms with Crippen LogP contribution in [0.3, 0.4) is 0 Å². The van der Waals surface area contributed by atoms with Gasteiger partial charge in [0.1, 0.15) is 10.5 Å². The van der Waals surface area contributed by atoms with E-state index < -0.39 is 10.0 Å². The minimum Gasteiger partial charge on any atom is -0.472 e. The monoisotopic (exact) mass is 388 g/mol. The number of amides is 1. The molecule has 0 aliphatic carbocycles. The van der Waals surface area contributed by atoms with Crippen molar-refractivity contribution in [3.8, 4) is 0 Å². The van der Waals surface area contributed by atoms with E-state index in [0.29, 0.717) is 29.5 Å². The van der Waals surface area contributed by atoms with Crippen molar-refractivity contribution in [1.82, 2.24) is 9.62 Å². The maximum atomic E-state index is 12.2. The zero-order chi connectivity index (χ0) is 17.2. The summed E-state index contributed by atoms with van der Waals surface area (Å²) in [5.74, 6) is 0.166. The summed E-state index contributed by atoms with van der Waals surface area (Å²) < 4.78 is 32.6. The maximum absolute atomic E-state index is 12.2. The van der Waals surface area contributed by atoms with Crippen LogP contribution in [0.4, 0.5) is 0 Å². The highest BCUT2D eigenvalue weighted by Gasteiger charge is 2.25. The highest BCUT2D eigenvalue weighted by atomic mass is 35.5. The molecule has 24 heavy (non-hydrogen) atoms. The molecule has 3 heterocycles. The molecule has 0 atom stereocenters. The number of rotatable bonds is 5. The van der Waals surface area contributed by atoms with Gasteiger partial charge in [0.2, 0.25) is 10.0 Å². The van der Waals surface area contributed by atoms with Crippen LogP contribution in [0.1, 0.15) is 23.2 Å². The number of carbonyl (C=O) groups excluding carboxylic acids is 1. The second-order valence-electron chi connectivity index (χ2n) is 5.66. The molecule has 1 fully saturated rings. The van der Waals surface area contributed by atoms with Crippen LogP contribution in [0.5, 0.6) is 0 Å². The van der Waals surface area contributed by atoms with Crippen molar-refractivity contribution in [2.24, 2.45) is 5.92 Å². The van der Waals surface area contributed by atoms with E-state index >= 15 is 0 Å². The molecule has 3 rings (SSSR count). The molecule has 0 bridgehead atoms. The Kier molecular flexibility index (Phi) is 5.29. The van der Waals surface area contributed by atoms with Gasteiger partial charge in [-0.2, -0.15) is 0 Å². The van der Waals surface area contributed by atoms with Gasteiger partial charge in [-0.1, -0.05) is 11.6 Å². The number of nitrogens with one attached hydrogen (secondary N) is 1. The number of carbonyl (C=O) groups is 1. The number of hydrogen-bond acceptors (Lipinski definition) is 5. The van der Waals surface area contributed by atoms with Crippen LogP contribution in [0, 0.1) is 5.92 Å². The van der Waals surface area contributed by atoms with Gasteiger partial charge >= 0.3 is 0 Å². The zero-order valence-electron chi connectivity index (χ0n) is 12.8. The lowest BCUT2D eigenvalue weighted by Gasteiger charge is -2.31. The topological polar surface area (TPSA) is 79.6 Å². The van der Waals surface area contributed by atoms with Crippen LogP contribution >= 0.6 is 22.9 Å². The summed E-state index contributed by atoms with van der Waals surface area (Å²) in [6, 6.07) is 4.72. The predicted octanol–water partition coefficient (Wildman–Crippen LogP) is 2.83. The minimum atomic E-state index is -3.51. The van der Waals surface area contributed by atoms with Gasteiger partial charge in [0.25, 0.3) is 5.91 Å². The molecule has 130 valence electrons. The molecule has 6 nitrogen and oxygen atoms in total. The molecule has 0 aromatic carbocycles. The average molecular weight is 389 g/mol. The molecule has 1 aliphatic heterocycles. The summed E-state index contributed by atoms with van der Waals surface area (Å²) in [4.78, 5) is 14.0. The Morgan fingerprint density at radius 3 is 2.67 bits per heavy atom. The van der Waals surface area contributed by atoms with Crippen molar-refractivity contribution < 1.29 is 17.6 Å². The van der Waals surface area contributed by atoms with E-state index in [1.807, 2.05) is 0 Å². The fraction of sp³-hybridized carbons (Fsp3) is 0.400. The standard InChI is InChI=1S/C15H17ClN2O4S2/c16-13-1-2-14(23-13)24(20,21)17-9-11-3-6-18(7-4-11)15(19)12-5-8-22-10-12/h1-2,5,8,10-11,17H,3-4,6-7,9H2. The van der Waals surface area contributed by atoms with E-state index in [1.54, 1.807) is 17.0 Å². The predicted molar refractivity (Wildman–Crippen MR) is 91.9 cm³/mol. The molecular weight excluding hydrogens is 372 g/mol. The summed E-state index contributed by atoms with van der Waals surface area (Å²) in [5, 5.41) is 0. The molecular formula is C15H17ClN2O4S2. The summed E-state index contributed by atoms with van der Waals surface area (Å²) >= 11 is 6.82. The molecule has 2 aromatic rings. The average Bonchev–Trinajstić information content (AvgIpc) is 3.24. The second kappa shape index (κ2) is 7.26. The Hall–Kier alpha value is -1.35. The number of piperidine rings is 1. The van der Waals surface area contributed by atoms with Gasteiger partial charge in [0.15, 0.2) is 0 Å². The first-order valence-electron chi connectivity index (χ1n) is 7.52. The van der Waals surface area contributed by atoms with Gasteiger partial charge in [-0.05, 0) is 37.0 Å². The van der Waals surface area contributed by atoms with Crippen LogP contribution in [0.2, 0.25) is 4.34 Å². The molecule has 0 saturated carbocycles. The van der Waals surface area contributed by atoms with Gasteiger partial charge in [0, 0.05) is 19.6 Å². The lowest BCUT2D eigenvalue weighted by atomic mass is 9.97. The van der Waals surface area contributed by atoms with Gasteiger partial charge in [-0.15, -0.1) is 11.3 Å². The normalized spacial score (nSPS) is 16.5. The fourth-order valence-electron chi connectivity index (χ4n) is 2.65. The number of sulfonamides is 1. The third-order valence-corrected chi connectivity index (χ3v) is 7.19. The second-order valence-corrected chi connectivity index (χ2v) is 9.37. The van der Waals surface area contributed by atoms with Crippen LogP contribution in [0.15, 0.2) is 39.4 Å². The molecule has 0 spiro atoms. The largest absolute Gasteiger partial charge is 0.472 e. The number of furan rings is 1. The molecule has 9 heteroatoms. The number of nitrogens with zero attached hydrogens (tertiary/aromatic N) is 1. The quantitative estimate of drug-likeness (QED) is 0.854. The number of halogens is 1. The Bertz CT molecular complexity index is 793. The number of hydrogen-bond donors (Lipinski definition) is 1. The summed E-state index contributed by atoms with van der Waals surface area (Å²) in [7, 11) is -3.51. The third-order valence-electron chi connectivity index (χ3n) is 4.05. The van der Waals surface area contributed by atoms with Crippen LogP contribution in [0.25, 0.3) is 0 Å².